The molecule has 0 unspecified atom stereocenters. The molecule has 1 radical (unpaired) electrons. The maximum absolute atomic E-state index is 12.8. The van der Waals surface area contributed by atoms with Crippen molar-refractivity contribution in [3.8, 4) is 0 Å². The van der Waals surface area contributed by atoms with Gasteiger partial charge in [-0.25, -0.2) is 8.78 Å². The van der Waals surface area contributed by atoms with E-state index in [9.17, 15) is 8.78 Å². The average molecular weight is 152 g/mol. The van der Waals surface area contributed by atoms with Crippen LogP contribution in [-0.2, 0) is 0 Å². The van der Waals surface area contributed by atoms with Crippen LogP contribution < -0.4 is 0 Å². The predicted molar refractivity (Wildman–Crippen MR) is 37.1 cm³/mol. The molecule has 11 heavy (non-hydrogen) atoms. The van der Waals surface area contributed by atoms with Gasteiger partial charge in [0.15, 0.2) is 0 Å². The quantitative estimate of drug-likeness (QED) is 0.595. The van der Waals surface area contributed by atoms with Crippen molar-refractivity contribution in [2.45, 2.75) is 0 Å². The van der Waals surface area contributed by atoms with Gasteiger partial charge in [-0.15, -0.1) is 0 Å². The molecule has 1 heterocycles. The van der Waals surface area contributed by atoms with Crippen molar-refractivity contribution in [3.63, 3.8) is 0 Å². The van der Waals surface area contributed by atoms with Crippen molar-refractivity contribution in [1.29, 1.82) is 0 Å². The average Bonchev–Trinajstić information content (AvgIpc) is 2.45. The van der Waals surface area contributed by atoms with Crippen LogP contribution in [0.25, 0.3) is 10.9 Å². The summed E-state index contributed by atoms with van der Waals surface area (Å²) in [7, 11) is 0. The molecule has 1 N–H and O–H groups in total. The molecule has 0 fully saturated rings. The Balaban J connectivity index is 2.96. The van der Waals surface area contributed by atoms with Gasteiger partial charge in [0.05, 0.1) is 11.7 Å². The predicted octanol–water partition coefficient (Wildman–Crippen LogP) is 2.25. The third-order valence-electron chi connectivity index (χ3n) is 1.56. The normalized spacial score (nSPS) is 10.7. The van der Waals surface area contributed by atoms with Crippen LogP contribution >= 0.6 is 0 Å². The lowest BCUT2D eigenvalue weighted by Crippen LogP contribution is -1.80. The molecular formula is C8H4F2N. The van der Waals surface area contributed by atoms with Gasteiger partial charge in [0.2, 0.25) is 0 Å². The van der Waals surface area contributed by atoms with E-state index in [1.807, 2.05) is 0 Å². The Morgan fingerprint density at radius 1 is 1.18 bits per heavy atom. The lowest BCUT2D eigenvalue weighted by atomic mass is 10.2. The van der Waals surface area contributed by atoms with Gasteiger partial charge >= 0.3 is 0 Å². The fourth-order valence-corrected chi connectivity index (χ4v) is 1.02. The molecule has 0 spiro atoms. The summed E-state index contributed by atoms with van der Waals surface area (Å²) in [6.45, 7) is 0. The summed E-state index contributed by atoms with van der Waals surface area (Å²) in [5.74, 6) is -0.887. The summed E-state index contributed by atoms with van der Waals surface area (Å²) >= 11 is 0. The highest BCUT2D eigenvalue weighted by Crippen LogP contribution is 2.18. The third-order valence-corrected chi connectivity index (χ3v) is 1.56. The molecule has 1 nitrogen and oxygen atoms in total. The van der Waals surface area contributed by atoms with Gasteiger partial charge in [-0.2, -0.15) is 0 Å². The van der Waals surface area contributed by atoms with Crippen LogP contribution in [0.4, 0.5) is 8.78 Å². The van der Waals surface area contributed by atoms with E-state index in [0.29, 0.717) is 0 Å². The van der Waals surface area contributed by atoms with E-state index in [1.165, 1.54) is 6.07 Å². The molecule has 0 aliphatic rings. The Labute approximate surface area is 61.7 Å². The number of fused-ring (bicyclic) bond motifs is 1. The Morgan fingerprint density at radius 3 is 2.64 bits per heavy atom. The minimum absolute atomic E-state index is 0.171. The molecular weight excluding hydrogens is 148 g/mol. The van der Waals surface area contributed by atoms with Crippen LogP contribution in [0.15, 0.2) is 18.2 Å². The van der Waals surface area contributed by atoms with E-state index in [4.69, 9.17) is 0 Å². The fourth-order valence-electron chi connectivity index (χ4n) is 1.02. The van der Waals surface area contributed by atoms with Crippen LogP contribution in [0.1, 0.15) is 0 Å². The number of H-pyrrole nitrogens is 1. The summed E-state index contributed by atoms with van der Waals surface area (Å²) in [6, 6.07) is 3.56. The number of nitrogens with one attached hydrogen (secondary N) is 1. The number of aromatic amines is 1. The van der Waals surface area contributed by atoms with Crippen molar-refractivity contribution in [3.05, 3.63) is 36.0 Å². The highest BCUT2D eigenvalue weighted by Gasteiger charge is 2.04. The molecule has 0 aliphatic heterocycles. The van der Waals surface area contributed by atoms with Gasteiger partial charge in [0.1, 0.15) is 11.6 Å². The lowest BCUT2D eigenvalue weighted by Gasteiger charge is -1.92. The summed E-state index contributed by atoms with van der Waals surface area (Å²) in [5.41, 5.74) is 0.171. The second-order valence-corrected chi connectivity index (χ2v) is 2.23. The van der Waals surface area contributed by atoms with Crippen molar-refractivity contribution >= 4 is 10.9 Å². The van der Waals surface area contributed by atoms with E-state index in [0.717, 1.165) is 12.1 Å². The van der Waals surface area contributed by atoms with Gasteiger partial charge in [-0.05, 0) is 18.2 Å². The van der Waals surface area contributed by atoms with Crippen molar-refractivity contribution in [2.75, 3.05) is 0 Å². The maximum Gasteiger partial charge on any atom is 0.147 e. The standard InChI is InChI=1S/C8H4F2N/c9-6-1-2-7(10)8-5(6)3-4-11-8/h1-3,11H. The molecule has 0 aliphatic carbocycles. The SMILES string of the molecule is Fc1ccc(F)c2[nH][c]cc12. The van der Waals surface area contributed by atoms with Crippen LogP contribution in [0.2, 0.25) is 0 Å². The zero-order valence-corrected chi connectivity index (χ0v) is 5.49. The molecule has 1 aromatic carbocycles. The van der Waals surface area contributed by atoms with Gasteiger partial charge in [-0.1, -0.05) is 0 Å². The number of hydrogen-bond acceptors (Lipinski definition) is 0. The smallest absolute Gasteiger partial charge is 0.147 e. The Bertz CT molecular complexity index is 356. The minimum Gasteiger partial charge on any atom is -0.351 e. The number of rotatable bonds is 0. The van der Waals surface area contributed by atoms with Crippen molar-refractivity contribution in [2.24, 2.45) is 0 Å². The Morgan fingerprint density at radius 2 is 1.91 bits per heavy atom. The van der Waals surface area contributed by atoms with Crippen LogP contribution in [0, 0.1) is 17.8 Å². The molecule has 0 saturated carbocycles. The van der Waals surface area contributed by atoms with Gasteiger partial charge in [0, 0.05) is 5.39 Å². The Kier molecular flexibility index (Phi) is 1.18. The van der Waals surface area contributed by atoms with E-state index >= 15 is 0 Å². The van der Waals surface area contributed by atoms with Crippen molar-refractivity contribution in [1.82, 2.24) is 4.98 Å². The molecule has 1 aromatic heterocycles. The lowest BCUT2D eigenvalue weighted by molar-refractivity contribution is 0.616. The Hall–Kier alpha value is -1.38. The van der Waals surface area contributed by atoms with Crippen LogP contribution in [-0.4, -0.2) is 4.98 Å². The van der Waals surface area contributed by atoms with Crippen LogP contribution in [0.5, 0.6) is 0 Å². The summed E-state index contributed by atoms with van der Waals surface area (Å²) in [5, 5.41) is 0.241. The molecule has 0 amide bonds. The van der Waals surface area contributed by atoms with E-state index in [1.54, 1.807) is 0 Å². The van der Waals surface area contributed by atoms with Gasteiger partial charge in [0.25, 0.3) is 0 Å². The first kappa shape index (κ1) is 6.34. The first-order chi connectivity index (χ1) is 5.29. The van der Waals surface area contributed by atoms with Gasteiger partial charge in [-0.3, -0.25) is 0 Å². The number of halogens is 2. The first-order valence-corrected chi connectivity index (χ1v) is 3.12. The first-order valence-electron chi connectivity index (χ1n) is 3.12. The van der Waals surface area contributed by atoms with Crippen LogP contribution in [0.3, 0.4) is 0 Å². The zero-order valence-electron chi connectivity index (χ0n) is 5.49. The number of benzene rings is 1. The third kappa shape index (κ3) is 0.808. The molecule has 2 aromatic rings. The molecule has 0 bridgehead atoms. The van der Waals surface area contributed by atoms with E-state index in [-0.39, 0.29) is 10.9 Å². The second kappa shape index (κ2) is 2.05. The molecule has 0 atom stereocenters. The van der Waals surface area contributed by atoms with Crippen molar-refractivity contribution < 1.29 is 8.78 Å². The molecule has 2 rings (SSSR count). The second-order valence-electron chi connectivity index (χ2n) is 2.23. The summed E-state index contributed by atoms with van der Waals surface area (Å²) in [6.07, 6.45) is 2.51. The molecule has 3 heteroatoms. The fraction of sp³-hybridized carbons (Fsp3) is 0. The minimum atomic E-state index is -0.456. The van der Waals surface area contributed by atoms with E-state index in [2.05, 4.69) is 11.2 Å². The summed E-state index contributed by atoms with van der Waals surface area (Å²) in [4.78, 5) is 2.49. The maximum atomic E-state index is 12.8. The molecule has 55 valence electrons. The molecule has 0 saturated heterocycles. The zero-order chi connectivity index (χ0) is 7.84. The largest absolute Gasteiger partial charge is 0.351 e. The number of aromatic nitrogens is 1. The van der Waals surface area contributed by atoms with E-state index < -0.39 is 11.6 Å². The monoisotopic (exact) mass is 152 g/mol. The number of hydrogen-bond donors (Lipinski definition) is 1. The van der Waals surface area contributed by atoms with Gasteiger partial charge < -0.3 is 4.98 Å². The highest BCUT2D eigenvalue weighted by molar-refractivity contribution is 5.80. The summed E-state index contributed by atoms with van der Waals surface area (Å²) < 4.78 is 25.6. The topological polar surface area (TPSA) is 15.8 Å². The highest BCUT2D eigenvalue weighted by atomic mass is 19.1.